The number of aromatic nitrogens is 2. The number of rotatable bonds is 3. The van der Waals surface area contributed by atoms with Crippen molar-refractivity contribution < 1.29 is 4.42 Å². The van der Waals surface area contributed by atoms with E-state index < -0.39 is 0 Å². The number of nitrogens with two attached hydrogens (primary N) is 1. The number of furan rings is 1. The molecule has 0 saturated heterocycles. The Hall–Kier alpha value is -2.04. The normalized spacial score (nSPS) is 12.5. The van der Waals surface area contributed by atoms with Crippen LogP contribution in [0, 0.1) is 0 Å². The number of hydrogen-bond donors (Lipinski definition) is 1. The van der Waals surface area contributed by atoms with Gasteiger partial charge in [-0.25, -0.2) is 4.68 Å². The largest absolute Gasteiger partial charge is 0.448 e. The van der Waals surface area contributed by atoms with Gasteiger partial charge in [0.1, 0.15) is 5.76 Å². The van der Waals surface area contributed by atoms with Crippen LogP contribution < -0.4 is 5.73 Å². The molecule has 3 rings (SSSR count). The Balaban J connectivity index is 1.89. The molecule has 0 bridgehead atoms. The first-order valence-corrected chi connectivity index (χ1v) is 6.22. The van der Waals surface area contributed by atoms with Gasteiger partial charge in [-0.1, -0.05) is 18.2 Å². The molecule has 0 radical (unpaired) electrons. The van der Waals surface area contributed by atoms with E-state index in [-0.39, 0.29) is 6.04 Å². The first-order valence-electron chi connectivity index (χ1n) is 5.85. The maximum absolute atomic E-state index is 6.12. The van der Waals surface area contributed by atoms with Crippen molar-refractivity contribution in [1.29, 1.82) is 0 Å². The summed E-state index contributed by atoms with van der Waals surface area (Å²) in [6.45, 7) is 0. The quantitative estimate of drug-likeness (QED) is 0.797. The van der Waals surface area contributed by atoms with Gasteiger partial charge < -0.3 is 10.2 Å². The minimum Gasteiger partial charge on any atom is -0.448 e. The van der Waals surface area contributed by atoms with E-state index in [1.807, 2.05) is 36.5 Å². The predicted molar refractivity (Wildman–Crippen MR) is 73.3 cm³/mol. The molecule has 2 aromatic heterocycles. The van der Waals surface area contributed by atoms with Crippen molar-refractivity contribution in [2.75, 3.05) is 0 Å². The fourth-order valence-corrected chi connectivity index (χ4v) is 2.03. The summed E-state index contributed by atoms with van der Waals surface area (Å²) in [5.74, 6) is 0.623. The highest BCUT2D eigenvalue weighted by Gasteiger charge is 2.15. The summed E-state index contributed by atoms with van der Waals surface area (Å²) in [6, 6.07) is 12.9. The van der Waals surface area contributed by atoms with E-state index in [1.54, 1.807) is 23.0 Å². The summed E-state index contributed by atoms with van der Waals surface area (Å²) in [6.07, 6.45) is 3.62. The highest BCUT2D eigenvalue weighted by molar-refractivity contribution is 6.28. The lowest BCUT2D eigenvalue weighted by Crippen LogP contribution is -2.09. The molecule has 5 heteroatoms. The van der Waals surface area contributed by atoms with E-state index in [0.29, 0.717) is 11.0 Å². The Morgan fingerprint density at radius 2 is 1.95 bits per heavy atom. The Morgan fingerprint density at radius 3 is 2.63 bits per heavy atom. The number of nitrogens with zero attached hydrogens (tertiary/aromatic N) is 2. The van der Waals surface area contributed by atoms with Crippen molar-refractivity contribution >= 4 is 11.6 Å². The molecule has 0 saturated carbocycles. The fraction of sp³-hybridized carbons (Fsp3) is 0.0714. The van der Waals surface area contributed by atoms with Crippen molar-refractivity contribution in [3.8, 4) is 5.69 Å². The van der Waals surface area contributed by atoms with Crippen molar-refractivity contribution in [3.05, 3.63) is 71.4 Å². The van der Waals surface area contributed by atoms with Gasteiger partial charge in [-0.15, -0.1) is 0 Å². The monoisotopic (exact) mass is 273 g/mol. The van der Waals surface area contributed by atoms with Crippen molar-refractivity contribution in [1.82, 2.24) is 9.78 Å². The lowest BCUT2D eigenvalue weighted by Gasteiger charge is -2.05. The molecule has 19 heavy (non-hydrogen) atoms. The second-order valence-electron chi connectivity index (χ2n) is 4.17. The first-order chi connectivity index (χ1) is 9.24. The van der Waals surface area contributed by atoms with E-state index >= 15 is 0 Å². The average molecular weight is 274 g/mol. The standard InChI is InChI=1S/C14H12ClN3O/c15-13-7-6-12(19-13)14(16)10-8-17-18(9-10)11-4-2-1-3-5-11/h1-9,14H,16H2. The minimum atomic E-state index is -0.370. The Labute approximate surface area is 115 Å². The topological polar surface area (TPSA) is 57.0 Å². The Morgan fingerprint density at radius 1 is 1.16 bits per heavy atom. The maximum Gasteiger partial charge on any atom is 0.193 e. The number of para-hydroxylation sites is 1. The van der Waals surface area contributed by atoms with Crippen LogP contribution in [-0.4, -0.2) is 9.78 Å². The third-order valence-electron chi connectivity index (χ3n) is 2.88. The van der Waals surface area contributed by atoms with Crippen LogP contribution in [0.5, 0.6) is 0 Å². The van der Waals surface area contributed by atoms with E-state index in [2.05, 4.69) is 5.10 Å². The van der Waals surface area contributed by atoms with Crippen LogP contribution in [0.25, 0.3) is 5.69 Å². The van der Waals surface area contributed by atoms with Crippen LogP contribution in [0.15, 0.2) is 59.3 Å². The zero-order chi connectivity index (χ0) is 13.2. The molecular formula is C14H12ClN3O. The molecule has 96 valence electrons. The molecule has 0 amide bonds. The summed E-state index contributed by atoms with van der Waals surface area (Å²) >= 11 is 5.75. The fourth-order valence-electron chi connectivity index (χ4n) is 1.88. The number of halogens is 1. The van der Waals surface area contributed by atoms with Crippen LogP contribution >= 0.6 is 11.6 Å². The molecule has 0 aliphatic carbocycles. The van der Waals surface area contributed by atoms with Crippen LogP contribution in [0.1, 0.15) is 17.4 Å². The molecule has 0 fully saturated rings. The highest BCUT2D eigenvalue weighted by Crippen LogP contribution is 2.24. The first kappa shape index (κ1) is 12.0. The molecule has 0 aliphatic heterocycles. The van der Waals surface area contributed by atoms with E-state index in [9.17, 15) is 0 Å². The Bertz CT molecular complexity index is 675. The zero-order valence-electron chi connectivity index (χ0n) is 10.0. The van der Waals surface area contributed by atoms with Crippen molar-refractivity contribution in [2.24, 2.45) is 5.73 Å². The Kier molecular flexibility index (Phi) is 3.11. The lowest BCUT2D eigenvalue weighted by atomic mass is 10.1. The number of hydrogen-bond acceptors (Lipinski definition) is 3. The van der Waals surface area contributed by atoms with Gasteiger partial charge in [0.05, 0.1) is 17.9 Å². The van der Waals surface area contributed by atoms with Gasteiger partial charge in [-0.3, -0.25) is 0 Å². The van der Waals surface area contributed by atoms with Crippen LogP contribution in [0.2, 0.25) is 5.22 Å². The molecule has 4 nitrogen and oxygen atoms in total. The smallest absolute Gasteiger partial charge is 0.193 e. The molecule has 1 atom stereocenters. The molecule has 0 spiro atoms. The van der Waals surface area contributed by atoms with Crippen LogP contribution in [0.3, 0.4) is 0 Å². The molecule has 0 aliphatic rings. The van der Waals surface area contributed by atoms with Gasteiger partial charge in [0.15, 0.2) is 5.22 Å². The highest BCUT2D eigenvalue weighted by atomic mass is 35.5. The zero-order valence-corrected chi connectivity index (χ0v) is 10.8. The second kappa shape index (κ2) is 4.91. The molecule has 2 heterocycles. The number of benzene rings is 1. The van der Waals surface area contributed by atoms with Crippen LogP contribution in [-0.2, 0) is 0 Å². The van der Waals surface area contributed by atoms with Gasteiger partial charge in [0.25, 0.3) is 0 Å². The second-order valence-corrected chi connectivity index (χ2v) is 4.55. The summed E-state index contributed by atoms with van der Waals surface area (Å²) in [4.78, 5) is 0. The van der Waals surface area contributed by atoms with Gasteiger partial charge in [0.2, 0.25) is 0 Å². The van der Waals surface area contributed by atoms with Gasteiger partial charge in [-0.2, -0.15) is 5.10 Å². The molecular weight excluding hydrogens is 262 g/mol. The van der Waals surface area contributed by atoms with Gasteiger partial charge >= 0.3 is 0 Å². The summed E-state index contributed by atoms with van der Waals surface area (Å²) in [5.41, 5.74) is 7.97. The SMILES string of the molecule is NC(c1cnn(-c2ccccc2)c1)c1ccc(Cl)o1. The molecule has 2 N–H and O–H groups in total. The van der Waals surface area contributed by atoms with E-state index in [4.69, 9.17) is 21.8 Å². The van der Waals surface area contributed by atoms with Gasteiger partial charge in [-0.05, 0) is 35.9 Å². The minimum absolute atomic E-state index is 0.334. The summed E-state index contributed by atoms with van der Waals surface area (Å²) < 4.78 is 7.10. The third-order valence-corrected chi connectivity index (χ3v) is 3.09. The summed E-state index contributed by atoms with van der Waals surface area (Å²) in [7, 11) is 0. The average Bonchev–Trinajstić information content (AvgIpc) is 3.08. The van der Waals surface area contributed by atoms with Crippen LogP contribution in [0.4, 0.5) is 0 Å². The van der Waals surface area contributed by atoms with E-state index in [0.717, 1.165) is 11.3 Å². The predicted octanol–water partition coefficient (Wildman–Crippen LogP) is 3.17. The third kappa shape index (κ3) is 2.41. The lowest BCUT2D eigenvalue weighted by molar-refractivity contribution is 0.491. The van der Waals surface area contributed by atoms with Crippen molar-refractivity contribution in [2.45, 2.75) is 6.04 Å². The molecule has 1 aromatic carbocycles. The van der Waals surface area contributed by atoms with E-state index in [1.165, 1.54) is 0 Å². The van der Waals surface area contributed by atoms with Gasteiger partial charge in [0, 0.05) is 11.8 Å². The van der Waals surface area contributed by atoms with Crippen molar-refractivity contribution in [3.63, 3.8) is 0 Å². The summed E-state index contributed by atoms with van der Waals surface area (Å²) in [5, 5.41) is 4.64. The molecule has 3 aromatic rings. The maximum atomic E-state index is 6.12. The molecule has 1 unspecified atom stereocenters.